The van der Waals surface area contributed by atoms with E-state index in [0.29, 0.717) is 24.2 Å². The summed E-state index contributed by atoms with van der Waals surface area (Å²) < 4.78 is 12.2. The maximum atomic E-state index is 13.5. The predicted molar refractivity (Wildman–Crippen MR) is 151 cm³/mol. The van der Waals surface area contributed by atoms with E-state index < -0.39 is 28.8 Å². The standard InChI is InChI=1S/C30H38N4O5/c1-29(2,3)38-25(35)20-34-24(19-32-26(27(34)36)31-16-15-21-11-8-7-9-12-21)23-14-10-13-22(17-23)18-33-28(37)39-30(4,5)6/h7-14,17,19H,15-16,18,20H2,1-6H3,(H,31,32)(H,33,37). The zero-order chi connectivity index (χ0) is 28.6. The zero-order valence-corrected chi connectivity index (χ0v) is 23.5. The molecule has 9 nitrogen and oxygen atoms in total. The maximum absolute atomic E-state index is 13.5. The molecule has 3 rings (SSSR count). The quantitative estimate of drug-likeness (QED) is 0.374. The van der Waals surface area contributed by atoms with Crippen molar-refractivity contribution in [2.75, 3.05) is 11.9 Å². The SMILES string of the molecule is CC(C)(C)OC(=O)Cn1c(-c2cccc(CNC(=O)OC(C)(C)C)c2)cnc(NCCc2ccccc2)c1=O. The van der Waals surface area contributed by atoms with Crippen LogP contribution in [0.2, 0.25) is 0 Å². The zero-order valence-electron chi connectivity index (χ0n) is 23.5. The first-order valence-electron chi connectivity index (χ1n) is 13.0. The number of nitrogens with zero attached hydrogens (tertiary/aromatic N) is 2. The first-order valence-corrected chi connectivity index (χ1v) is 13.0. The van der Waals surface area contributed by atoms with Gasteiger partial charge in [-0.1, -0.05) is 48.5 Å². The Kier molecular flexibility index (Phi) is 9.51. The molecule has 0 unspecified atom stereocenters. The first-order chi connectivity index (χ1) is 18.3. The molecule has 1 amide bonds. The Morgan fingerprint density at radius 3 is 2.23 bits per heavy atom. The highest BCUT2D eigenvalue weighted by Crippen LogP contribution is 2.21. The van der Waals surface area contributed by atoms with Gasteiger partial charge < -0.3 is 20.1 Å². The second-order valence-electron chi connectivity index (χ2n) is 11.2. The van der Waals surface area contributed by atoms with Crippen molar-refractivity contribution in [1.82, 2.24) is 14.9 Å². The molecule has 0 atom stereocenters. The van der Waals surface area contributed by atoms with Gasteiger partial charge in [-0.3, -0.25) is 14.2 Å². The maximum Gasteiger partial charge on any atom is 0.407 e. The van der Waals surface area contributed by atoms with Crippen molar-refractivity contribution in [3.63, 3.8) is 0 Å². The van der Waals surface area contributed by atoms with Crippen LogP contribution in [0, 0.1) is 0 Å². The van der Waals surface area contributed by atoms with Crippen molar-refractivity contribution in [2.24, 2.45) is 0 Å². The summed E-state index contributed by atoms with van der Waals surface area (Å²) in [5, 5.41) is 5.84. The number of carbonyl (C=O) groups excluding carboxylic acids is 2. The van der Waals surface area contributed by atoms with E-state index in [4.69, 9.17) is 9.47 Å². The number of rotatable bonds is 9. The number of esters is 1. The van der Waals surface area contributed by atoms with Crippen molar-refractivity contribution in [2.45, 2.75) is 72.3 Å². The van der Waals surface area contributed by atoms with Gasteiger partial charge in [0.2, 0.25) is 0 Å². The minimum Gasteiger partial charge on any atom is -0.459 e. The molecule has 0 aliphatic heterocycles. The second kappa shape index (κ2) is 12.6. The van der Waals surface area contributed by atoms with E-state index in [-0.39, 0.29) is 18.9 Å². The van der Waals surface area contributed by atoms with Crippen molar-refractivity contribution >= 4 is 17.9 Å². The molecule has 1 aromatic heterocycles. The largest absolute Gasteiger partial charge is 0.459 e. The summed E-state index contributed by atoms with van der Waals surface area (Å²) in [6, 6.07) is 17.2. The van der Waals surface area contributed by atoms with Crippen LogP contribution in [-0.4, -0.2) is 39.4 Å². The molecule has 0 bridgehead atoms. The molecule has 0 saturated heterocycles. The van der Waals surface area contributed by atoms with Gasteiger partial charge in [0.05, 0.1) is 11.9 Å². The molecule has 0 saturated carbocycles. The van der Waals surface area contributed by atoms with Gasteiger partial charge in [-0.25, -0.2) is 9.78 Å². The Morgan fingerprint density at radius 2 is 1.56 bits per heavy atom. The molecule has 0 aliphatic rings. The Balaban J connectivity index is 1.86. The molecule has 0 aliphatic carbocycles. The molecule has 2 N–H and O–H groups in total. The van der Waals surface area contributed by atoms with Gasteiger partial charge in [0.15, 0.2) is 5.82 Å². The molecule has 1 heterocycles. The third kappa shape index (κ3) is 9.59. The number of ether oxygens (including phenoxy) is 2. The molecular weight excluding hydrogens is 496 g/mol. The van der Waals surface area contributed by atoms with Gasteiger partial charge in [0, 0.05) is 18.7 Å². The predicted octanol–water partition coefficient (Wildman–Crippen LogP) is 4.93. The molecule has 9 heteroatoms. The first kappa shape index (κ1) is 29.4. The molecular formula is C30H38N4O5. The van der Waals surface area contributed by atoms with E-state index >= 15 is 0 Å². The van der Waals surface area contributed by atoms with E-state index in [2.05, 4.69) is 15.6 Å². The molecule has 208 valence electrons. The average molecular weight is 535 g/mol. The Morgan fingerprint density at radius 1 is 0.897 bits per heavy atom. The molecule has 39 heavy (non-hydrogen) atoms. The van der Waals surface area contributed by atoms with Crippen LogP contribution in [0.4, 0.5) is 10.6 Å². The minimum atomic E-state index is -0.697. The van der Waals surface area contributed by atoms with Crippen LogP contribution < -0.4 is 16.2 Å². The lowest BCUT2D eigenvalue weighted by Gasteiger charge is -2.21. The fraction of sp³-hybridized carbons (Fsp3) is 0.400. The summed E-state index contributed by atoms with van der Waals surface area (Å²) in [6.07, 6.45) is 1.75. The molecule has 0 radical (unpaired) electrons. The number of aromatic nitrogens is 2. The van der Waals surface area contributed by atoms with Gasteiger partial charge in [0.25, 0.3) is 5.56 Å². The summed E-state index contributed by atoms with van der Waals surface area (Å²) in [5.74, 6) is -0.379. The van der Waals surface area contributed by atoms with Crippen molar-refractivity contribution in [1.29, 1.82) is 0 Å². The minimum absolute atomic E-state index is 0.154. The molecule has 0 spiro atoms. The number of anilines is 1. The Bertz CT molecular complexity index is 1340. The molecule has 2 aromatic carbocycles. The number of alkyl carbamates (subject to hydrolysis) is 1. The van der Waals surface area contributed by atoms with E-state index in [9.17, 15) is 14.4 Å². The fourth-order valence-electron chi connectivity index (χ4n) is 3.80. The van der Waals surface area contributed by atoms with Gasteiger partial charge in [-0.15, -0.1) is 0 Å². The fourth-order valence-corrected chi connectivity index (χ4v) is 3.80. The lowest BCUT2D eigenvalue weighted by molar-refractivity contribution is -0.155. The van der Waals surface area contributed by atoms with Crippen LogP contribution in [0.1, 0.15) is 52.7 Å². The number of hydrogen-bond donors (Lipinski definition) is 2. The van der Waals surface area contributed by atoms with E-state index in [1.54, 1.807) is 47.7 Å². The third-order valence-corrected chi connectivity index (χ3v) is 5.37. The molecule has 0 fully saturated rings. The summed E-state index contributed by atoms with van der Waals surface area (Å²) in [4.78, 5) is 42.7. The number of amides is 1. The van der Waals surface area contributed by atoms with E-state index in [1.165, 1.54) is 4.57 Å². The summed E-state index contributed by atoms with van der Waals surface area (Å²) in [5.41, 5.74) is 1.32. The topological polar surface area (TPSA) is 112 Å². The van der Waals surface area contributed by atoms with Gasteiger partial charge in [0.1, 0.15) is 17.7 Å². The Hall–Kier alpha value is -4.14. The summed E-state index contributed by atoms with van der Waals surface area (Å²) in [6.45, 7) is 11.2. The second-order valence-corrected chi connectivity index (χ2v) is 11.2. The van der Waals surface area contributed by atoms with Crippen LogP contribution in [0.5, 0.6) is 0 Å². The van der Waals surface area contributed by atoms with Crippen LogP contribution in [-0.2, 0) is 33.8 Å². The monoisotopic (exact) mass is 534 g/mol. The lowest BCUT2D eigenvalue weighted by Crippen LogP contribution is -2.33. The lowest BCUT2D eigenvalue weighted by atomic mass is 10.1. The van der Waals surface area contributed by atoms with E-state index in [0.717, 1.165) is 11.1 Å². The van der Waals surface area contributed by atoms with E-state index in [1.807, 2.05) is 54.6 Å². The summed E-state index contributed by atoms with van der Waals surface area (Å²) in [7, 11) is 0. The van der Waals surface area contributed by atoms with Crippen molar-refractivity contribution in [3.8, 4) is 11.3 Å². The number of nitrogens with one attached hydrogen (secondary N) is 2. The van der Waals surface area contributed by atoms with Crippen LogP contribution >= 0.6 is 0 Å². The highest BCUT2D eigenvalue weighted by atomic mass is 16.6. The van der Waals surface area contributed by atoms with Crippen molar-refractivity contribution < 1.29 is 19.1 Å². The highest BCUT2D eigenvalue weighted by Gasteiger charge is 2.21. The molecule has 3 aromatic rings. The smallest absolute Gasteiger partial charge is 0.407 e. The van der Waals surface area contributed by atoms with Crippen LogP contribution in [0.25, 0.3) is 11.3 Å². The van der Waals surface area contributed by atoms with Gasteiger partial charge >= 0.3 is 12.1 Å². The average Bonchev–Trinajstić information content (AvgIpc) is 2.84. The van der Waals surface area contributed by atoms with Gasteiger partial charge in [-0.05, 0) is 65.2 Å². The third-order valence-electron chi connectivity index (χ3n) is 5.37. The van der Waals surface area contributed by atoms with Gasteiger partial charge in [-0.2, -0.15) is 0 Å². The Labute approximate surface area is 229 Å². The highest BCUT2D eigenvalue weighted by molar-refractivity contribution is 5.72. The normalized spacial score (nSPS) is 11.5. The van der Waals surface area contributed by atoms with Crippen LogP contribution in [0.3, 0.4) is 0 Å². The van der Waals surface area contributed by atoms with Crippen LogP contribution in [0.15, 0.2) is 65.6 Å². The van der Waals surface area contributed by atoms with Crippen molar-refractivity contribution in [3.05, 3.63) is 82.3 Å². The number of benzene rings is 2. The number of hydrogen-bond acceptors (Lipinski definition) is 7. The summed E-state index contributed by atoms with van der Waals surface area (Å²) >= 11 is 0. The number of carbonyl (C=O) groups is 2.